The van der Waals surface area contributed by atoms with Gasteiger partial charge in [-0.3, -0.25) is 4.68 Å². The maximum atomic E-state index is 5.01. The summed E-state index contributed by atoms with van der Waals surface area (Å²) in [6, 6.07) is 1.95. The summed E-state index contributed by atoms with van der Waals surface area (Å²) >= 11 is 1.35. The van der Waals surface area contributed by atoms with E-state index in [0.29, 0.717) is 12.5 Å². The number of nitrogens with one attached hydrogen (secondary N) is 1. The van der Waals surface area contributed by atoms with Crippen molar-refractivity contribution in [3.05, 3.63) is 18.1 Å². The SMILES string of the molecule is COCCc1nsc(Nc2ccn(CCC(C)C)n2)n1. The van der Waals surface area contributed by atoms with Crippen LogP contribution < -0.4 is 5.32 Å². The molecule has 0 bridgehead atoms. The van der Waals surface area contributed by atoms with Crippen LogP contribution in [-0.4, -0.2) is 32.9 Å². The van der Waals surface area contributed by atoms with Gasteiger partial charge in [-0.25, -0.2) is 4.98 Å². The topological polar surface area (TPSA) is 64.9 Å². The van der Waals surface area contributed by atoms with Gasteiger partial charge in [-0.15, -0.1) is 0 Å². The first-order chi connectivity index (χ1) is 9.67. The van der Waals surface area contributed by atoms with E-state index < -0.39 is 0 Å². The molecule has 0 aliphatic carbocycles. The van der Waals surface area contributed by atoms with Crippen molar-refractivity contribution in [1.82, 2.24) is 19.1 Å². The van der Waals surface area contributed by atoms with Crippen molar-refractivity contribution in [2.45, 2.75) is 33.2 Å². The Morgan fingerprint density at radius 2 is 2.30 bits per heavy atom. The first-order valence-corrected chi connectivity index (χ1v) is 7.56. The average Bonchev–Trinajstić information content (AvgIpc) is 3.04. The van der Waals surface area contributed by atoms with Crippen molar-refractivity contribution in [2.24, 2.45) is 5.92 Å². The standard InChI is InChI=1S/C13H21N5OS/c1-10(2)4-7-18-8-5-11(16-18)14-13-15-12(17-20-13)6-9-19-3/h5,8,10H,4,6-7,9H2,1-3H3,(H,14,15,16,17). The van der Waals surface area contributed by atoms with Gasteiger partial charge in [0.15, 0.2) is 5.82 Å². The number of hydrogen-bond acceptors (Lipinski definition) is 6. The van der Waals surface area contributed by atoms with Crippen LogP contribution >= 0.6 is 11.5 Å². The summed E-state index contributed by atoms with van der Waals surface area (Å²) in [5.74, 6) is 2.30. The van der Waals surface area contributed by atoms with Crippen molar-refractivity contribution in [2.75, 3.05) is 19.0 Å². The van der Waals surface area contributed by atoms with Gasteiger partial charge < -0.3 is 10.1 Å². The summed E-state index contributed by atoms with van der Waals surface area (Å²) in [6.45, 7) is 6.01. The number of ether oxygens (including phenoxy) is 1. The molecule has 20 heavy (non-hydrogen) atoms. The lowest BCUT2D eigenvalue weighted by atomic mass is 10.1. The zero-order chi connectivity index (χ0) is 14.4. The van der Waals surface area contributed by atoms with E-state index in [-0.39, 0.29) is 0 Å². The Labute approximate surface area is 123 Å². The van der Waals surface area contributed by atoms with Gasteiger partial charge in [0.25, 0.3) is 0 Å². The molecule has 6 nitrogen and oxygen atoms in total. The zero-order valence-electron chi connectivity index (χ0n) is 12.2. The van der Waals surface area contributed by atoms with Crippen LogP contribution in [0.4, 0.5) is 10.9 Å². The van der Waals surface area contributed by atoms with Gasteiger partial charge in [0.05, 0.1) is 6.61 Å². The summed E-state index contributed by atoms with van der Waals surface area (Å²) in [5.41, 5.74) is 0. The quantitative estimate of drug-likeness (QED) is 0.811. The number of aromatic nitrogens is 4. The third-order valence-electron chi connectivity index (χ3n) is 2.81. The van der Waals surface area contributed by atoms with E-state index in [9.17, 15) is 0 Å². The van der Waals surface area contributed by atoms with Crippen molar-refractivity contribution in [3.8, 4) is 0 Å². The number of anilines is 2. The van der Waals surface area contributed by atoms with Gasteiger partial charge in [0.1, 0.15) is 5.82 Å². The predicted molar refractivity (Wildman–Crippen MR) is 80.5 cm³/mol. The van der Waals surface area contributed by atoms with Gasteiger partial charge in [0.2, 0.25) is 5.13 Å². The molecule has 2 aromatic rings. The molecule has 2 heterocycles. The molecule has 2 rings (SSSR count). The number of rotatable bonds is 8. The Hall–Kier alpha value is -1.47. The van der Waals surface area contributed by atoms with Crippen molar-refractivity contribution < 1.29 is 4.74 Å². The van der Waals surface area contributed by atoms with Crippen LogP contribution in [0.15, 0.2) is 12.3 Å². The highest BCUT2D eigenvalue weighted by Crippen LogP contribution is 2.17. The van der Waals surface area contributed by atoms with Gasteiger partial charge >= 0.3 is 0 Å². The van der Waals surface area contributed by atoms with Crippen LogP contribution in [0.3, 0.4) is 0 Å². The largest absolute Gasteiger partial charge is 0.384 e. The van der Waals surface area contributed by atoms with Crippen molar-refractivity contribution in [1.29, 1.82) is 0 Å². The molecule has 0 amide bonds. The molecule has 2 aromatic heterocycles. The molecular weight excluding hydrogens is 274 g/mol. The Balaban J connectivity index is 1.88. The average molecular weight is 295 g/mol. The van der Waals surface area contributed by atoms with Gasteiger partial charge in [-0.05, 0) is 12.3 Å². The monoisotopic (exact) mass is 295 g/mol. The van der Waals surface area contributed by atoms with Crippen LogP contribution in [-0.2, 0) is 17.7 Å². The van der Waals surface area contributed by atoms with Crippen molar-refractivity contribution >= 4 is 22.5 Å². The summed E-state index contributed by atoms with van der Waals surface area (Å²) in [7, 11) is 1.68. The highest BCUT2D eigenvalue weighted by molar-refractivity contribution is 7.09. The summed E-state index contributed by atoms with van der Waals surface area (Å²) in [5, 5.41) is 8.42. The number of nitrogens with zero attached hydrogens (tertiary/aromatic N) is 4. The molecule has 0 spiro atoms. The number of methoxy groups -OCH3 is 1. The lowest BCUT2D eigenvalue weighted by Gasteiger charge is -2.04. The molecular formula is C13H21N5OS. The second kappa shape index (κ2) is 7.35. The van der Waals surface area contributed by atoms with Crippen molar-refractivity contribution in [3.63, 3.8) is 0 Å². The lowest BCUT2D eigenvalue weighted by Crippen LogP contribution is -2.02. The van der Waals surface area contributed by atoms with E-state index in [1.54, 1.807) is 7.11 Å². The van der Waals surface area contributed by atoms with Crippen LogP contribution in [0, 0.1) is 5.92 Å². The molecule has 1 N–H and O–H groups in total. The zero-order valence-corrected chi connectivity index (χ0v) is 13.0. The van der Waals surface area contributed by atoms with E-state index in [1.807, 2.05) is 16.9 Å². The second-order valence-corrected chi connectivity index (χ2v) is 5.78. The third-order valence-corrected chi connectivity index (χ3v) is 3.48. The van der Waals surface area contributed by atoms with Crippen LogP contribution in [0.1, 0.15) is 26.1 Å². The smallest absolute Gasteiger partial charge is 0.208 e. The number of aryl methyl sites for hydroxylation is 1. The molecule has 7 heteroatoms. The van der Waals surface area contributed by atoms with E-state index in [4.69, 9.17) is 4.74 Å². The normalized spacial score (nSPS) is 11.2. The van der Waals surface area contributed by atoms with Gasteiger partial charge in [-0.2, -0.15) is 9.47 Å². The van der Waals surface area contributed by atoms with Crippen LogP contribution in [0.25, 0.3) is 0 Å². The first-order valence-electron chi connectivity index (χ1n) is 6.79. The highest BCUT2D eigenvalue weighted by Gasteiger charge is 2.06. The van der Waals surface area contributed by atoms with Gasteiger partial charge in [0, 0.05) is 43.9 Å². The fraction of sp³-hybridized carbons (Fsp3) is 0.615. The third kappa shape index (κ3) is 4.57. The van der Waals surface area contributed by atoms with Gasteiger partial charge in [-0.1, -0.05) is 13.8 Å². The molecule has 0 saturated heterocycles. The second-order valence-electron chi connectivity index (χ2n) is 5.03. The van der Waals surface area contributed by atoms with E-state index in [2.05, 4.69) is 33.6 Å². The fourth-order valence-corrected chi connectivity index (χ4v) is 2.27. The minimum Gasteiger partial charge on any atom is -0.384 e. The summed E-state index contributed by atoms with van der Waals surface area (Å²) in [4.78, 5) is 4.39. The molecule has 0 aliphatic heterocycles. The highest BCUT2D eigenvalue weighted by atomic mass is 32.1. The maximum absolute atomic E-state index is 5.01. The molecule has 0 saturated carbocycles. The minimum atomic E-state index is 0.639. The fourth-order valence-electron chi connectivity index (χ4n) is 1.65. The molecule has 0 atom stereocenters. The summed E-state index contributed by atoms with van der Waals surface area (Å²) < 4.78 is 11.2. The van der Waals surface area contributed by atoms with E-state index >= 15 is 0 Å². The minimum absolute atomic E-state index is 0.639. The molecule has 0 aliphatic rings. The number of hydrogen-bond donors (Lipinski definition) is 1. The molecule has 0 unspecified atom stereocenters. The molecule has 0 radical (unpaired) electrons. The first kappa shape index (κ1) is 14.9. The van der Waals surface area contributed by atoms with Crippen LogP contribution in [0.2, 0.25) is 0 Å². The van der Waals surface area contributed by atoms with E-state index in [0.717, 1.165) is 36.2 Å². The molecule has 110 valence electrons. The Morgan fingerprint density at radius 1 is 1.45 bits per heavy atom. The van der Waals surface area contributed by atoms with Crippen LogP contribution in [0.5, 0.6) is 0 Å². The Morgan fingerprint density at radius 3 is 3.05 bits per heavy atom. The Bertz CT molecular complexity index is 522. The summed E-state index contributed by atoms with van der Waals surface area (Å²) in [6.07, 6.45) is 3.84. The Kier molecular flexibility index (Phi) is 5.49. The van der Waals surface area contributed by atoms with E-state index in [1.165, 1.54) is 11.5 Å². The lowest BCUT2D eigenvalue weighted by molar-refractivity contribution is 0.201. The molecule has 0 aromatic carbocycles. The maximum Gasteiger partial charge on any atom is 0.208 e. The predicted octanol–water partition coefficient (Wildman–Crippen LogP) is 2.71. The molecule has 0 fully saturated rings.